The van der Waals surface area contributed by atoms with Gasteiger partial charge in [0.05, 0.1) is 12.7 Å². The fraction of sp³-hybridized carbons (Fsp3) is 0.375. The van der Waals surface area contributed by atoms with Crippen molar-refractivity contribution in [3.05, 3.63) is 82.8 Å². The van der Waals surface area contributed by atoms with Gasteiger partial charge >= 0.3 is 5.97 Å². The minimum Gasteiger partial charge on any atom is -0.481 e. The van der Waals surface area contributed by atoms with Crippen LogP contribution in [0.1, 0.15) is 71.3 Å². The monoisotopic (exact) mass is 555 g/mol. The summed E-state index contributed by atoms with van der Waals surface area (Å²) in [6, 6.07) is 11.0. The second-order valence-corrected chi connectivity index (χ2v) is 11.2. The molecule has 1 unspecified atom stereocenters. The third kappa shape index (κ3) is 6.85. The average Bonchev–Trinajstić information content (AvgIpc) is 3.60. The topological polar surface area (TPSA) is 118 Å². The van der Waals surface area contributed by atoms with E-state index in [0.29, 0.717) is 43.1 Å². The van der Waals surface area contributed by atoms with E-state index in [2.05, 4.69) is 15.7 Å². The lowest BCUT2D eigenvalue weighted by molar-refractivity contribution is -0.137. The number of anilines is 1. The fourth-order valence-electron chi connectivity index (χ4n) is 5.14. The minimum absolute atomic E-state index is 0.0588. The van der Waals surface area contributed by atoms with Crippen LogP contribution in [0.3, 0.4) is 0 Å². The smallest absolute Gasteiger partial charge is 0.303 e. The number of aryl methyl sites for hydroxylation is 3. The van der Waals surface area contributed by atoms with Crippen molar-refractivity contribution >= 4 is 34.4 Å². The minimum atomic E-state index is -0.842. The summed E-state index contributed by atoms with van der Waals surface area (Å²) < 4.78 is 3.76. The van der Waals surface area contributed by atoms with Gasteiger partial charge < -0.3 is 20.3 Å². The highest BCUT2D eigenvalue weighted by molar-refractivity contribution is 6.00. The molecular formula is C32H37N5O4. The molecule has 9 nitrogen and oxygen atoms in total. The van der Waals surface area contributed by atoms with Gasteiger partial charge in [0.15, 0.2) is 0 Å². The second kappa shape index (κ2) is 12.0. The number of carbonyl (C=O) groups excluding carboxylic acids is 2. The summed E-state index contributed by atoms with van der Waals surface area (Å²) in [7, 11) is 0. The second-order valence-electron chi connectivity index (χ2n) is 11.2. The maximum atomic E-state index is 13.7. The van der Waals surface area contributed by atoms with Gasteiger partial charge in [-0.2, -0.15) is 5.10 Å². The molecule has 0 spiro atoms. The number of hydrogen-bond donors (Lipinski definition) is 3. The van der Waals surface area contributed by atoms with Crippen LogP contribution in [0.25, 0.3) is 10.9 Å². The number of nitrogens with one attached hydrogen (secondary N) is 2. The fourth-order valence-corrected chi connectivity index (χ4v) is 5.14. The molecule has 1 aliphatic carbocycles. The van der Waals surface area contributed by atoms with Crippen molar-refractivity contribution in [2.75, 3.05) is 11.9 Å². The van der Waals surface area contributed by atoms with Gasteiger partial charge in [0.2, 0.25) is 5.91 Å². The Labute approximate surface area is 239 Å². The van der Waals surface area contributed by atoms with Gasteiger partial charge in [-0.25, -0.2) is 0 Å². The van der Waals surface area contributed by atoms with E-state index in [0.717, 1.165) is 33.2 Å². The SMILES string of the molecule is Cc1cnn(Cc2ccc(CCCC(=O)O)c(NC(=O)C(C)n3cc(C)c4ccc(C(=O)NCC5CC5)cc43)c2)c1. The zero-order chi connectivity index (χ0) is 29.1. The van der Waals surface area contributed by atoms with Gasteiger partial charge in [-0.05, 0) is 92.8 Å². The third-order valence-electron chi connectivity index (χ3n) is 7.72. The normalized spacial score (nSPS) is 13.7. The van der Waals surface area contributed by atoms with Crippen LogP contribution in [0.4, 0.5) is 5.69 Å². The van der Waals surface area contributed by atoms with Crippen LogP contribution in [0, 0.1) is 19.8 Å². The lowest BCUT2D eigenvalue weighted by Gasteiger charge is -2.18. The Balaban J connectivity index is 1.38. The van der Waals surface area contributed by atoms with Crippen molar-refractivity contribution in [3.63, 3.8) is 0 Å². The number of carboxylic acids is 1. The van der Waals surface area contributed by atoms with Crippen LogP contribution >= 0.6 is 0 Å². The molecule has 2 heterocycles. The Hall–Kier alpha value is -4.40. The first-order valence-corrected chi connectivity index (χ1v) is 14.2. The van der Waals surface area contributed by atoms with Gasteiger partial charge in [-0.1, -0.05) is 18.2 Å². The molecule has 1 fully saturated rings. The largest absolute Gasteiger partial charge is 0.481 e. The number of aliphatic carboxylic acids is 1. The van der Waals surface area contributed by atoms with Gasteiger partial charge in [-0.3, -0.25) is 19.1 Å². The maximum absolute atomic E-state index is 13.7. The highest BCUT2D eigenvalue weighted by atomic mass is 16.4. The quantitative estimate of drug-likeness (QED) is 0.221. The van der Waals surface area contributed by atoms with Crippen molar-refractivity contribution in [2.45, 2.75) is 65.5 Å². The molecule has 0 radical (unpaired) electrons. The van der Waals surface area contributed by atoms with E-state index in [1.807, 2.05) is 78.8 Å². The number of aromatic nitrogens is 3. The lowest BCUT2D eigenvalue weighted by Crippen LogP contribution is -2.26. The summed E-state index contributed by atoms with van der Waals surface area (Å²) in [5, 5.41) is 20.6. The molecule has 41 heavy (non-hydrogen) atoms. The van der Waals surface area contributed by atoms with Crippen LogP contribution in [0.15, 0.2) is 55.0 Å². The van der Waals surface area contributed by atoms with Gasteiger partial charge in [0, 0.05) is 47.5 Å². The highest BCUT2D eigenvalue weighted by Gasteiger charge is 2.23. The van der Waals surface area contributed by atoms with Crippen LogP contribution in [-0.2, 0) is 22.6 Å². The molecule has 0 aliphatic heterocycles. The molecule has 214 valence electrons. The van der Waals surface area contributed by atoms with Gasteiger partial charge in [0.1, 0.15) is 6.04 Å². The zero-order valence-electron chi connectivity index (χ0n) is 23.8. The van der Waals surface area contributed by atoms with Crippen LogP contribution in [0.5, 0.6) is 0 Å². The molecule has 4 aromatic rings. The Morgan fingerprint density at radius 1 is 1.10 bits per heavy atom. The molecule has 0 saturated heterocycles. The van der Waals surface area contributed by atoms with Crippen molar-refractivity contribution in [1.82, 2.24) is 19.7 Å². The van der Waals surface area contributed by atoms with Crippen molar-refractivity contribution in [3.8, 4) is 0 Å². The number of hydrogen-bond acceptors (Lipinski definition) is 4. The van der Waals surface area contributed by atoms with Crippen LogP contribution < -0.4 is 10.6 Å². The Bertz CT molecular complexity index is 1600. The summed E-state index contributed by atoms with van der Waals surface area (Å²) in [6.45, 7) is 7.07. The molecule has 2 amide bonds. The van der Waals surface area contributed by atoms with E-state index in [9.17, 15) is 14.4 Å². The molecule has 1 aliphatic rings. The van der Waals surface area contributed by atoms with E-state index in [1.54, 1.807) is 6.20 Å². The predicted molar refractivity (Wildman–Crippen MR) is 158 cm³/mol. The van der Waals surface area contributed by atoms with Crippen molar-refractivity contribution in [1.29, 1.82) is 0 Å². The van der Waals surface area contributed by atoms with E-state index in [4.69, 9.17) is 5.11 Å². The average molecular weight is 556 g/mol. The predicted octanol–water partition coefficient (Wildman–Crippen LogP) is 5.25. The Kier molecular flexibility index (Phi) is 8.23. The summed E-state index contributed by atoms with van der Waals surface area (Å²) in [4.78, 5) is 37.5. The molecule has 1 atom stereocenters. The Morgan fingerprint density at radius 3 is 2.61 bits per heavy atom. The van der Waals surface area contributed by atoms with E-state index in [-0.39, 0.29) is 18.2 Å². The van der Waals surface area contributed by atoms with Gasteiger partial charge in [-0.15, -0.1) is 0 Å². The van der Waals surface area contributed by atoms with E-state index < -0.39 is 12.0 Å². The number of carbonyl (C=O) groups is 3. The van der Waals surface area contributed by atoms with E-state index in [1.165, 1.54) is 12.8 Å². The third-order valence-corrected chi connectivity index (χ3v) is 7.72. The van der Waals surface area contributed by atoms with Crippen molar-refractivity contribution in [2.24, 2.45) is 5.92 Å². The first-order valence-electron chi connectivity index (χ1n) is 14.2. The zero-order valence-corrected chi connectivity index (χ0v) is 23.8. The molecule has 1 saturated carbocycles. The van der Waals surface area contributed by atoms with Crippen LogP contribution in [-0.4, -0.2) is 43.8 Å². The van der Waals surface area contributed by atoms with Gasteiger partial charge in [0.25, 0.3) is 5.91 Å². The van der Waals surface area contributed by atoms with Crippen LogP contribution in [0.2, 0.25) is 0 Å². The summed E-state index contributed by atoms with van der Waals surface area (Å²) in [5.74, 6) is -0.549. The standard InChI is InChI=1S/C32H37N5O4/c1-20-15-34-36(17-20)19-24-9-10-25(5-4-6-30(38)39)28(13-24)35-31(40)22(3)37-18-21(2)27-12-11-26(14-29(27)37)32(41)33-16-23-7-8-23/h9-15,17-18,22-23H,4-8,16,19H2,1-3H3,(H,33,41)(H,35,40)(H,38,39). The number of nitrogens with zero attached hydrogens (tertiary/aromatic N) is 3. The van der Waals surface area contributed by atoms with E-state index >= 15 is 0 Å². The first-order chi connectivity index (χ1) is 19.7. The lowest BCUT2D eigenvalue weighted by atomic mass is 10.0. The number of benzene rings is 2. The maximum Gasteiger partial charge on any atom is 0.303 e. The molecule has 9 heteroatoms. The molecular weight excluding hydrogens is 518 g/mol. The molecule has 3 N–H and O–H groups in total. The molecule has 2 aromatic carbocycles. The highest BCUT2D eigenvalue weighted by Crippen LogP contribution is 2.29. The number of amides is 2. The Morgan fingerprint density at radius 2 is 1.90 bits per heavy atom. The number of fused-ring (bicyclic) bond motifs is 1. The summed E-state index contributed by atoms with van der Waals surface area (Å²) in [5.41, 5.74) is 6.02. The number of carboxylic acid groups (broad SMARTS) is 1. The number of rotatable bonds is 12. The first kappa shape index (κ1) is 28.1. The summed E-state index contributed by atoms with van der Waals surface area (Å²) in [6.07, 6.45) is 9.11. The summed E-state index contributed by atoms with van der Waals surface area (Å²) >= 11 is 0. The van der Waals surface area contributed by atoms with Crippen molar-refractivity contribution < 1.29 is 19.5 Å². The molecule has 2 aromatic heterocycles. The molecule has 0 bridgehead atoms. The molecule has 5 rings (SSSR count).